The van der Waals surface area contributed by atoms with Crippen molar-refractivity contribution in [3.8, 4) is 5.69 Å². The third-order valence-corrected chi connectivity index (χ3v) is 3.58. The fraction of sp³-hybridized carbons (Fsp3) is 0. The molecule has 6 nitrogen and oxygen atoms in total. The van der Waals surface area contributed by atoms with Crippen LogP contribution in [0.1, 0.15) is 0 Å². The molecule has 0 spiro atoms. The molecule has 2 aromatic heterocycles. The number of fused-ring (bicyclic) bond motifs is 1. The quantitative estimate of drug-likeness (QED) is 0.568. The standard InChI is InChI=1S/C17H14N6/c18-14-8-4-5-9-15(14)22-16-13-10-21-23(17(13)20-11-19-16)12-6-2-1-3-7-12/h1-11H,18H2,(H,19,20,22). The normalized spacial score (nSPS) is 10.8. The highest BCUT2D eigenvalue weighted by Crippen LogP contribution is 2.26. The lowest BCUT2D eigenvalue weighted by Crippen LogP contribution is -2.00. The number of nitrogens with one attached hydrogen (secondary N) is 1. The summed E-state index contributed by atoms with van der Waals surface area (Å²) >= 11 is 0. The summed E-state index contributed by atoms with van der Waals surface area (Å²) in [7, 11) is 0. The molecule has 0 amide bonds. The van der Waals surface area contributed by atoms with Crippen LogP contribution in [0.4, 0.5) is 17.2 Å². The van der Waals surface area contributed by atoms with Crippen LogP contribution >= 0.6 is 0 Å². The molecule has 3 N–H and O–H groups in total. The molecular weight excluding hydrogens is 288 g/mol. The summed E-state index contributed by atoms with van der Waals surface area (Å²) in [6.07, 6.45) is 3.27. The van der Waals surface area contributed by atoms with Crippen molar-refractivity contribution >= 4 is 28.2 Å². The fourth-order valence-corrected chi connectivity index (χ4v) is 2.44. The lowest BCUT2D eigenvalue weighted by molar-refractivity contribution is 0.895. The highest BCUT2D eigenvalue weighted by Gasteiger charge is 2.11. The van der Waals surface area contributed by atoms with E-state index in [2.05, 4.69) is 20.4 Å². The summed E-state index contributed by atoms with van der Waals surface area (Å²) in [5.74, 6) is 0.676. The molecule has 0 unspecified atom stereocenters. The maximum absolute atomic E-state index is 5.98. The van der Waals surface area contributed by atoms with Crippen LogP contribution in [-0.2, 0) is 0 Å². The molecule has 23 heavy (non-hydrogen) atoms. The molecular formula is C17H14N6. The van der Waals surface area contributed by atoms with Crippen LogP contribution in [0.3, 0.4) is 0 Å². The number of benzene rings is 2. The molecule has 112 valence electrons. The molecule has 4 rings (SSSR count). The third kappa shape index (κ3) is 2.36. The van der Waals surface area contributed by atoms with Gasteiger partial charge in [0.25, 0.3) is 0 Å². The summed E-state index contributed by atoms with van der Waals surface area (Å²) in [4.78, 5) is 8.68. The Morgan fingerprint density at radius 1 is 0.913 bits per heavy atom. The van der Waals surface area contributed by atoms with E-state index in [1.165, 1.54) is 6.33 Å². The predicted octanol–water partition coefficient (Wildman–Crippen LogP) is 3.14. The summed E-state index contributed by atoms with van der Waals surface area (Å²) in [5, 5.41) is 8.52. The van der Waals surface area contributed by atoms with Gasteiger partial charge in [0.2, 0.25) is 0 Å². The van der Waals surface area contributed by atoms with Gasteiger partial charge in [0, 0.05) is 0 Å². The van der Waals surface area contributed by atoms with Crippen LogP contribution in [0, 0.1) is 0 Å². The molecule has 2 aromatic carbocycles. The van der Waals surface area contributed by atoms with E-state index in [0.717, 1.165) is 22.4 Å². The van der Waals surface area contributed by atoms with Crippen molar-refractivity contribution in [2.24, 2.45) is 0 Å². The van der Waals surface area contributed by atoms with Crippen molar-refractivity contribution in [2.75, 3.05) is 11.1 Å². The summed E-state index contributed by atoms with van der Waals surface area (Å²) in [6, 6.07) is 17.4. The van der Waals surface area contributed by atoms with Gasteiger partial charge in [-0.3, -0.25) is 0 Å². The Labute approximate surface area is 132 Å². The number of para-hydroxylation sites is 3. The molecule has 0 saturated carbocycles. The zero-order chi connectivity index (χ0) is 15.6. The minimum Gasteiger partial charge on any atom is -0.397 e. The van der Waals surface area contributed by atoms with Crippen molar-refractivity contribution in [1.82, 2.24) is 19.7 Å². The first-order valence-corrected chi connectivity index (χ1v) is 7.18. The molecule has 0 fully saturated rings. The van der Waals surface area contributed by atoms with Crippen molar-refractivity contribution < 1.29 is 0 Å². The number of hydrogen-bond donors (Lipinski definition) is 2. The molecule has 4 aromatic rings. The lowest BCUT2D eigenvalue weighted by Gasteiger charge is -2.09. The average molecular weight is 302 g/mol. The summed E-state index contributed by atoms with van der Waals surface area (Å²) < 4.78 is 1.79. The van der Waals surface area contributed by atoms with Crippen LogP contribution in [0.25, 0.3) is 16.7 Å². The van der Waals surface area contributed by atoms with E-state index in [4.69, 9.17) is 5.73 Å². The van der Waals surface area contributed by atoms with Crippen molar-refractivity contribution in [3.05, 3.63) is 67.1 Å². The van der Waals surface area contributed by atoms with E-state index >= 15 is 0 Å². The first-order chi connectivity index (χ1) is 11.3. The Kier molecular flexibility index (Phi) is 3.12. The topological polar surface area (TPSA) is 81.7 Å². The fourth-order valence-electron chi connectivity index (χ4n) is 2.44. The Morgan fingerprint density at radius 3 is 2.52 bits per heavy atom. The summed E-state index contributed by atoms with van der Waals surface area (Å²) in [6.45, 7) is 0. The van der Waals surface area contributed by atoms with E-state index in [1.807, 2.05) is 54.6 Å². The number of anilines is 3. The smallest absolute Gasteiger partial charge is 0.168 e. The Bertz CT molecular complexity index is 961. The SMILES string of the molecule is Nc1ccccc1Nc1ncnc2c1cnn2-c1ccccc1. The van der Waals surface area contributed by atoms with E-state index in [0.29, 0.717) is 11.5 Å². The van der Waals surface area contributed by atoms with Gasteiger partial charge in [0.1, 0.15) is 12.1 Å². The Morgan fingerprint density at radius 2 is 1.70 bits per heavy atom. The monoisotopic (exact) mass is 302 g/mol. The van der Waals surface area contributed by atoms with Gasteiger partial charge in [-0.1, -0.05) is 30.3 Å². The first kappa shape index (κ1) is 13.3. The van der Waals surface area contributed by atoms with Gasteiger partial charge in [-0.05, 0) is 24.3 Å². The summed E-state index contributed by atoms with van der Waals surface area (Å²) in [5.41, 5.74) is 9.14. The molecule has 0 aliphatic rings. The van der Waals surface area contributed by atoms with Crippen molar-refractivity contribution in [3.63, 3.8) is 0 Å². The molecule has 6 heteroatoms. The maximum Gasteiger partial charge on any atom is 0.168 e. The molecule has 2 heterocycles. The zero-order valence-corrected chi connectivity index (χ0v) is 12.2. The highest BCUT2D eigenvalue weighted by atomic mass is 15.3. The van der Waals surface area contributed by atoms with Gasteiger partial charge < -0.3 is 11.1 Å². The number of rotatable bonds is 3. The van der Waals surface area contributed by atoms with Crippen molar-refractivity contribution in [2.45, 2.75) is 0 Å². The maximum atomic E-state index is 5.98. The third-order valence-electron chi connectivity index (χ3n) is 3.58. The molecule has 0 bridgehead atoms. The largest absolute Gasteiger partial charge is 0.397 e. The lowest BCUT2D eigenvalue weighted by atomic mass is 10.2. The van der Waals surface area contributed by atoms with Crippen LogP contribution in [0.5, 0.6) is 0 Å². The van der Waals surface area contributed by atoms with E-state index < -0.39 is 0 Å². The van der Waals surface area contributed by atoms with Crippen LogP contribution < -0.4 is 11.1 Å². The minimum absolute atomic E-state index is 0.662. The molecule has 0 aliphatic heterocycles. The average Bonchev–Trinajstić information content (AvgIpc) is 3.03. The van der Waals surface area contributed by atoms with Gasteiger partial charge in [0.05, 0.1) is 28.6 Å². The number of nitrogen functional groups attached to an aromatic ring is 1. The zero-order valence-electron chi connectivity index (χ0n) is 12.2. The van der Waals surface area contributed by atoms with Gasteiger partial charge in [-0.15, -0.1) is 0 Å². The number of nitrogens with two attached hydrogens (primary N) is 1. The minimum atomic E-state index is 0.662. The van der Waals surface area contributed by atoms with Gasteiger partial charge in [-0.25, -0.2) is 14.6 Å². The second-order valence-electron chi connectivity index (χ2n) is 5.06. The van der Waals surface area contributed by atoms with Crippen LogP contribution in [0.2, 0.25) is 0 Å². The first-order valence-electron chi connectivity index (χ1n) is 7.18. The second-order valence-corrected chi connectivity index (χ2v) is 5.06. The molecule has 0 radical (unpaired) electrons. The van der Waals surface area contributed by atoms with E-state index in [-0.39, 0.29) is 0 Å². The highest BCUT2D eigenvalue weighted by molar-refractivity contribution is 5.90. The van der Waals surface area contributed by atoms with Gasteiger partial charge in [-0.2, -0.15) is 5.10 Å². The van der Waals surface area contributed by atoms with Crippen LogP contribution in [-0.4, -0.2) is 19.7 Å². The van der Waals surface area contributed by atoms with Gasteiger partial charge >= 0.3 is 0 Å². The number of nitrogens with zero attached hydrogens (tertiary/aromatic N) is 4. The van der Waals surface area contributed by atoms with E-state index in [1.54, 1.807) is 10.9 Å². The molecule has 0 aliphatic carbocycles. The van der Waals surface area contributed by atoms with E-state index in [9.17, 15) is 0 Å². The number of aromatic nitrogens is 4. The molecule has 0 atom stereocenters. The van der Waals surface area contributed by atoms with Crippen molar-refractivity contribution in [1.29, 1.82) is 0 Å². The Hall–Kier alpha value is -3.41. The second kappa shape index (κ2) is 5.42. The van der Waals surface area contributed by atoms with Crippen LogP contribution in [0.15, 0.2) is 67.1 Å². The predicted molar refractivity (Wildman–Crippen MR) is 90.8 cm³/mol. The number of hydrogen-bond acceptors (Lipinski definition) is 5. The Balaban J connectivity index is 1.81. The van der Waals surface area contributed by atoms with Gasteiger partial charge in [0.15, 0.2) is 5.65 Å². The molecule has 0 saturated heterocycles.